The maximum Gasteiger partial charge on any atom is 0.450 e. The third-order valence-electron chi connectivity index (χ3n) is 5.13. The van der Waals surface area contributed by atoms with Gasteiger partial charge in [-0.2, -0.15) is 13.2 Å². The summed E-state index contributed by atoms with van der Waals surface area (Å²) in [5.41, 5.74) is 2.20. The van der Waals surface area contributed by atoms with Gasteiger partial charge in [-0.3, -0.25) is 9.36 Å². The number of hydrogen-bond donors (Lipinski definition) is 1. The molecule has 10 heteroatoms. The van der Waals surface area contributed by atoms with Crippen LogP contribution in [0.15, 0.2) is 30.6 Å². The van der Waals surface area contributed by atoms with Crippen LogP contribution in [0.1, 0.15) is 33.7 Å². The molecule has 1 aliphatic carbocycles. The predicted octanol–water partition coefficient (Wildman–Crippen LogP) is 2.53. The van der Waals surface area contributed by atoms with E-state index >= 15 is 0 Å². The van der Waals surface area contributed by atoms with Crippen molar-refractivity contribution in [3.8, 4) is 5.82 Å². The molecule has 0 bridgehead atoms. The van der Waals surface area contributed by atoms with E-state index in [0.29, 0.717) is 12.0 Å². The summed E-state index contributed by atoms with van der Waals surface area (Å²) in [7, 11) is 1.48. The fraction of sp³-hybridized carbons (Fsp3) is 0.273. The van der Waals surface area contributed by atoms with E-state index in [4.69, 9.17) is 4.74 Å². The lowest BCUT2D eigenvalue weighted by Crippen LogP contribution is -2.35. The van der Waals surface area contributed by atoms with Gasteiger partial charge < -0.3 is 10.1 Å². The molecule has 2 aromatic heterocycles. The normalized spacial score (nSPS) is 15.5. The number of methoxy groups -OCH3 is 1. The Bertz CT molecular complexity index is 1300. The molecule has 1 N–H and O–H groups in total. The van der Waals surface area contributed by atoms with Crippen LogP contribution in [0.2, 0.25) is 0 Å². The van der Waals surface area contributed by atoms with E-state index < -0.39 is 12.0 Å². The first-order valence-electron chi connectivity index (χ1n) is 9.79. The van der Waals surface area contributed by atoms with Crippen molar-refractivity contribution in [2.45, 2.75) is 32.5 Å². The van der Waals surface area contributed by atoms with Gasteiger partial charge in [0, 0.05) is 12.7 Å². The monoisotopic (exact) mass is 443 g/mol. The number of carbonyl (C=O) groups is 1. The summed E-state index contributed by atoms with van der Waals surface area (Å²) in [6.45, 7) is 3.68. The fourth-order valence-corrected chi connectivity index (χ4v) is 3.49. The highest BCUT2D eigenvalue weighted by Gasteiger charge is 2.38. The van der Waals surface area contributed by atoms with Crippen molar-refractivity contribution < 1.29 is 22.7 Å². The first-order chi connectivity index (χ1) is 15.2. The zero-order valence-electron chi connectivity index (χ0n) is 17.6. The number of nitrogens with one attached hydrogen (secondary N) is 1. The Labute approximate surface area is 181 Å². The summed E-state index contributed by atoms with van der Waals surface area (Å²) in [4.78, 5) is 24.5. The second-order valence-corrected chi connectivity index (χ2v) is 7.45. The van der Waals surface area contributed by atoms with Crippen molar-refractivity contribution in [1.29, 1.82) is 0 Å². The van der Waals surface area contributed by atoms with Crippen LogP contribution in [-0.4, -0.2) is 38.6 Å². The lowest BCUT2D eigenvalue weighted by molar-refractivity contribution is -0.146. The summed E-state index contributed by atoms with van der Waals surface area (Å²) in [6, 6.07) is 5.48. The topological polar surface area (TPSA) is 81.9 Å². The third-order valence-corrected chi connectivity index (χ3v) is 5.13. The zero-order valence-corrected chi connectivity index (χ0v) is 17.6. The number of rotatable bonds is 4. The molecule has 1 unspecified atom stereocenters. The number of aromatic nitrogens is 4. The Morgan fingerprint density at radius 1 is 1.22 bits per heavy atom. The quantitative estimate of drug-likeness (QED) is 0.670. The molecule has 0 radical (unpaired) electrons. The molecule has 166 valence electrons. The predicted molar refractivity (Wildman–Crippen MR) is 112 cm³/mol. The van der Waals surface area contributed by atoms with Gasteiger partial charge in [0.05, 0.1) is 29.2 Å². The van der Waals surface area contributed by atoms with E-state index in [1.54, 1.807) is 18.2 Å². The van der Waals surface area contributed by atoms with Crippen LogP contribution < -0.4 is 16.0 Å². The molecule has 1 atom stereocenters. The molecule has 0 spiro atoms. The number of alkyl halides is 3. The maximum absolute atomic E-state index is 13.7. The molecule has 0 saturated heterocycles. The van der Waals surface area contributed by atoms with Gasteiger partial charge in [0.1, 0.15) is 0 Å². The Morgan fingerprint density at radius 3 is 2.66 bits per heavy atom. The minimum atomic E-state index is -4.70. The maximum atomic E-state index is 13.7. The van der Waals surface area contributed by atoms with Crippen molar-refractivity contribution in [2.24, 2.45) is 0 Å². The number of halogens is 3. The number of aryl methyl sites for hydroxylation is 2. The SMILES string of the molecule is COC1C=c2nc(C(F)(F)F)n(-c3cnc(NC(=O)c4cc(C)ccc4C)cn3)c2=CC1. The highest BCUT2D eigenvalue weighted by Crippen LogP contribution is 2.27. The Kier molecular flexibility index (Phi) is 5.55. The summed E-state index contributed by atoms with van der Waals surface area (Å²) >= 11 is 0. The molecule has 3 aromatic rings. The van der Waals surface area contributed by atoms with Crippen molar-refractivity contribution in [3.63, 3.8) is 0 Å². The van der Waals surface area contributed by atoms with Crippen LogP contribution >= 0.6 is 0 Å². The van der Waals surface area contributed by atoms with Crippen molar-refractivity contribution in [1.82, 2.24) is 19.5 Å². The number of fused-ring (bicyclic) bond motifs is 1. The second kappa shape index (κ2) is 8.19. The van der Waals surface area contributed by atoms with Crippen LogP contribution in [0.4, 0.5) is 19.0 Å². The molecule has 2 heterocycles. The Hall–Kier alpha value is -3.53. The van der Waals surface area contributed by atoms with Gasteiger partial charge >= 0.3 is 6.18 Å². The third kappa shape index (κ3) is 4.13. The van der Waals surface area contributed by atoms with Crippen molar-refractivity contribution in [3.05, 3.63) is 63.8 Å². The van der Waals surface area contributed by atoms with Crippen LogP contribution in [0, 0.1) is 13.8 Å². The first-order valence-corrected chi connectivity index (χ1v) is 9.79. The molecule has 7 nitrogen and oxygen atoms in total. The molecule has 1 amide bonds. The Balaban J connectivity index is 1.69. The van der Waals surface area contributed by atoms with Gasteiger partial charge in [-0.05, 0) is 38.0 Å². The molecule has 1 aromatic carbocycles. The molecular formula is C22H20F3N5O2. The smallest absolute Gasteiger partial charge is 0.377 e. The van der Waals surface area contributed by atoms with E-state index in [9.17, 15) is 18.0 Å². The van der Waals surface area contributed by atoms with E-state index in [-0.39, 0.29) is 34.3 Å². The Morgan fingerprint density at radius 2 is 2.00 bits per heavy atom. The summed E-state index contributed by atoms with van der Waals surface area (Å²) in [5.74, 6) is -1.42. The number of imidazole rings is 1. The van der Waals surface area contributed by atoms with Gasteiger partial charge in [-0.25, -0.2) is 15.0 Å². The minimum Gasteiger partial charge on any atom is -0.377 e. The van der Waals surface area contributed by atoms with Gasteiger partial charge in [-0.1, -0.05) is 23.8 Å². The van der Waals surface area contributed by atoms with Crippen molar-refractivity contribution in [2.75, 3.05) is 12.4 Å². The van der Waals surface area contributed by atoms with E-state index in [2.05, 4.69) is 20.3 Å². The van der Waals surface area contributed by atoms with E-state index in [1.165, 1.54) is 19.5 Å². The number of hydrogen-bond acceptors (Lipinski definition) is 5. The lowest BCUT2D eigenvalue weighted by Gasteiger charge is -2.12. The number of carbonyl (C=O) groups excluding carboxylic acids is 1. The van der Waals surface area contributed by atoms with Crippen LogP contribution in [0.5, 0.6) is 0 Å². The largest absolute Gasteiger partial charge is 0.450 e. The molecular weight excluding hydrogens is 423 g/mol. The van der Waals surface area contributed by atoms with Crippen LogP contribution in [-0.2, 0) is 10.9 Å². The van der Waals surface area contributed by atoms with Gasteiger partial charge in [0.2, 0.25) is 5.82 Å². The molecule has 0 aliphatic heterocycles. The highest BCUT2D eigenvalue weighted by atomic mass is 19.4. The number of ether oxygens (including phenoxy) is 1. The zero-order chi connectivity index (χ0) is 23.0. The summed E-state index contributed by atoms with van der Waals surface area (Å²) < 4.78 is 47.1. The number of anilines is 1. The average Bonchev–Trinajstić information content (AvgIpc) is 3.15. The van der Waals surface area contributed by atoms with Gasteiger partial charge in [0.15, 0.2) is 11.6 Å². The second-order valence-electron chi connectivity index (χ2n) is 7.45. The lowest BCUT2D eigenvalue weighted by atomic mass is 10.1. The molecule has 32 heavy (non-hydrogen) atoms. The first kappa shape index (κ1) is 21.7. The van der Waals surface area contributed by atoms with Gasteiger partial charge in [0.25, 0.3) is 5.91 Å². The van der Waals surface area contributed by atoms with Crippen LogP contribution in [0.25, 0.3) is 18.0 Å². The number of benzene rings is 1. The van der Waals surface area contributed by atoms with Crippen molar-refractivity contribution >= 4 is 23.9 Å². The van der Waals surface area contributed by atoms with Gasteiger partial charge in [-0.15, -0.1) is 0 Å². The molecule has 1 aliphatic rings. The molecule has 4 rings (SSSR count). The molecule has 0 fully saturated rings. The number of nitrogens with zero attached hydrogens (tertiary/aromatic N) is 4. The standard InChI is InChI=1S/C22H20F3N5O2/c1-12-4-5-13(2)15(8-12)20(31)29-18-10-27-19(11-26-18)30-17-7-6-14(32-3)9-16(17)28-21(30)22(23,24)25/h4-5,7-11,14H,6H2,1-3H3,(H,26,29,31). The summed E-state index contributed by atoms with van der Waals surface area (Å²) in [6.07, 6.45) is 0.932. The number of amides is 1. The van der Waals surface area contributed by atoms with E-state index in [0.717, 1.165) is 15.7 Å². The fourth-order valence-electron chi connectivity index (χ4n) is 3.49. The summed E-state index contributed by atoms with van der Waals surface area (Å²) in [5, 5.41) is 3.07. The molecule has 0 saturated carbocycles. The van der Waals surface area contributed by atoms with E-state index in [1.807, 2.05) is 26.0 Å². The highest BCUT2D eigenvalue weighted by molar-refractivity contribution is 6.04. The minimum absolute atomic E-state index is 0.0590. The van der Waals surface area contributed by atoms with Crippen LogP contribution in [0.3, 0.4) is 0 Å². The average molecular weight is 443 g/mol.